The number of halogens is 1. The van der Waals surface area contributed by atoms with E-state index in [1.165, 1.54) is 12.0 Å². The number of amides is 2. The minimum Gasteiger partial charge on any atom is -0.493 e. The van der Waals surface area contributed by atoms with Gasteiger partial charge in [0.1, 0.15) is 0 Å². The Balaban J connectivity index is 1.86. The predicted octanol–water partition coefficient (Wildman–Crippen LogP) is 5.68. The molecular weight excluding hydrogens is 410 g/mol. The summed E-state index contributed by atoms with van der Waals surface area (Å²) in [6.45, 7) is 6.01. The van der Waals surface area contributed by atoms with Gasteiger partial charge in [0, 0.05) is 0 Å². The first-order chi connectivity index (χ1) is 13.8. The Bertz CT molecular complexity index is 987. The number of aryl methyl sites for hydroxylation is 1. The number of hydrogen-bond acceptors (Lipinski definition) is 5. The van der Waals surface area contributed by atoms with Crippen molar-refractivity contribution in [1.82, 2.24) is 4.90 Å². The van der Waals surface area contributed by atoms with Crippen LogP contribution in [0.5, 0.6) is 11.5 Å². The van der Waals surface area contributed by atoms with Crippen molar-refractivity contribution in [3.05, 3.63) is 63.0 Å². The second-order valence-corrected chi connectivity index (χ2v) is 8.36. The number of imide groups is 1. The minimum atomic E-state index is -0.320. The van der Waals surface area contributed by atoms with Crippen LogP contribution in [0.3, 0.4) is 0 Å². The summed E-state index contributed by atoms with van der Waals surface area (Å²) in [5.41, 5.74) is 2.65. The van der Waals surface area contributed by atoms with Gasteiger partial charge < -0.3 is 9.47 Å². The molecule has 2 aromatic rings. The van der Waals surface area contributed by atoms with Crippen LogP contribution < -0.4 is 9.47 Å². The van der Waals surface area contributed by atoms with E-state index < -0.39 is 0 Å². The van der Waals surface area contributed by atoms with E-state index in [0.29, 0.717) is 27.0 Å². The Kier molecular flexibility index (Phi) is 6.55. The molecule has 0 unspecified atom stereocenters. The third-order valence-electron chi connectivity index (χ3n) is 4.20. The predicted molar refractivity (Wildman–Crippen MR) is 116 cm³/mol. The highest BCUT2D eigenvalue weighted by molar-refractivity contribution is 8.18. The van der Waals surface area contributed by atoms with Crippen LogP contribution >= 0.6 is 23.4 Å². The number of hydrogen-bond donors (Lipinski definition) is 0. The smallest absolute Gasteiger partial charge is 0.293 e. The van der Waals surface area contributed by atoms with Crippen LogP contribution in [0.2, 0.25) is 5.02 Å². The number of thioether (sulfide) groups is 1. The van der Waals surface area contributed by atoms with E-state index in [9.17, 15) is 9.59 Å². The standard InChI is InChI=1S/C22H22ClNO4S/c1-13(2)28-20-17(23)9-16(10-18(20)27-4)11-19-21(25)24(22(26)29-19)12-15-7-5-6-14(3)8-15/h5-11,13H,12H2,1-4H3/b19-11-. The van der Waals surface area contributed by atoms with E-state index in [-0.39, 0.29) is 23.8 Å². The fourth-order valence-corrected chi connectivity index (χ4v) is 4.06. The Morgan fingerprint density at radius 1 is 1.21 bits per heavy atom. The van der Waals surface area contributed by atoms with Crippen molar-refractivity contribution in [1.29, 1.82) is 0 Å². The molecule has 0 bridgehead atoms. The summed E-state index contributed by atoms with van der Waals surface area (Å²) in [6, 6.07) is 11.2. The molecule has 0 N–H and O–H groups in total. The molecule has 29 heavy (non-hydrogen) atoms. The van der Waals surface area contributed by atoms with Crippen molar-refractivity contribution in [2.24, 2.45) is 0 Å². The Morgan fingerprint density at radius 3 is 2.62 bits per heavy atom. The van der Waals surface area contributed by atoms with Crippen LogP contribution in [-0.4, -0.2) is 29.3 Å². The first-order valence-electron chi connectivity index (χ1n) is 9.13. The van der Waals surface area contributed by atoms with E-state index in [2.05, 4.69) is 0 Å². The molecule has 152 valence electrons. The minimum absolute atomic E-state index is 0.0645. The van der Waals surface area contributed by atoms with E-state index in [4.69, 9.17) is 21.1 Å². The van der Waals surface area contributed by atoms with E-state index in [1.54, 1.807) is 18.2 Å². The van der Waals surface area contributed by atoms with Gasteiger partial charge >= 0.3 is 0 Å². The van der Waals surface area contributed by atoms with Crippen LogP contribution in [0.15, 0.2) is 41.3 Å². The van der Waals surface area contributed by atoms with Gasteiger partial charge in [0.25, 0.3) is 11.1 Å². The SMILES string of the molecule is COc1cc(/C=C2\SC(=O)N(Cc3cccc(C)c3)C2=O)cc(Cl)c1OC(C)C. The topological polar surface area (TPSA) is 55.8 Å². The number of nitrogens with zero attached hydrogens (tertiary/aromatic N) is 1. The van der Waals surface area contributed by atoms with E-state index >= 15 is 0 Å². The van der Waals surface area contributed by atoms with Crippen LogP contribution in [0.25, 0.3) is 6.08 Å². The van der Waals surface area contributed by atoms with Gasteiger partial charge in [-0.15, -0.1) is 0 Å². The lowest BCUT2D eigenvalue weighted by Gasteiger charge is -2.15. The Hall–Kier alpha value is -2.44. The molecule has 7 heteroatoms. The van der Waals surface area contributed by atoms with Crippen LogP contribution in [0.1, 0.15) is 30.5 Å². The molecule has 3 rings (SSSR count). The summed E-state index contributed by atoms with van der Waals surface area (Å²) in [5.74, 6) is 0.601. The molecule has 1 aliphatic rings. The lowest BCUT2D eigenvalue weighted by molar-refractivity contribution is -0.123. The lowest BCUT2D eigenvalue weighted by atomic mass is 10.1. The molecule has 5 nitrogen and oxygen atoms in total. The molecular formula is C22H22ClNO4S. The molecule has 1 fully saturated rings. The first kappa shape index (κ1) is 21.3. The molecule has 0 radical (unpaired) electrons. The van der Waals surface area contributed by atoms with Gasteiger partial charge in [-0.2, -0.15) is 0 Å². The van der Waals surface area contributed by atoms with E-state index in [0.717, 1.165) is 22.9 Å². The maximum atomic E-state index is 12.8. The molecule has 2 amide bonds. The fourth-order valence-electron chi connectivity index (χ4n) is 2.95. The number of benzene rings is 2. The Morgan fingerprint density at radius 2 is 1.97 bits per heavy atom. The quantitative estimate of drug-likeness (QED) is 0.550. The van der Waals surface area contributed by atoms with Crippen LogP contribution in [-0.2, 0) is 11.3 Å². The summed E-state index contributed by atoms with van der Waals surface area (Å²) in [6.07, 6.45) is 1.58. The van der Waals surface area contributed by atoms with Gasteiger partial charge in [0.15, 0.2) is 11.5 Å². The molecule has 1 saturated heterocycles. The average molecular weight is 432 g/mol. The van der Waals surface area contributed by atoms with E-state index in [1.807, 2.05) is 45.0 Å². The highest BCUT2D eigenvalue weighted by Gasteiger charge is 2.35. The van der Waals surface area contributed by atoms with Gasteiger partial charge in [-0.05, 0) is 61.9 Å². The van der Waals surface area contributed by atoms with Crippen LogP contribution in [0.4, 0.5) is 4.79 Å². The molecule has 1 aliphatic heterocycles. The van der Waals surface area contributed by atoms with Gasteiger partial charge in [-0.3, -0.25) is 14.5 Å². The summed E-state index contributed by atoms with van der Waals surface area (Å²) < 4.78 is 11.1. The highest BCUT2D eigenvalue weighted by atomic mass is 35.5. The van der Waals surface area contributed by atoms with Crippen molar-refractivity contribution in [3.63, 3.8) is 0 Å². The fraction of sp³-hybridized carbons (Fsp3) is 0.273. The van der Waals surface area contributed by atoms with Crippen molar-refractivity contribution in [2.45, 2.75) is 33.4 Å². The molecule has 0 atom stereocenters. The van der Waals surface area contributed by atoms with Crippen molar-refractivity contribution >= 4 is 40.6 Å². The van der Waals surface area contributed by atoms with Gasteiger partial charge in [-0.1, -0.05) is 41.4 Å². The maximum Gasteiger partial charge on any atom is 0.293 e. The van der Waals surface area contributed by atoms with Gasteiger partial charge in [-0.25, -0.2) is 0 Å². The largest absolute Gasteiger partial charge is 0.493 e. The monoisotopic (exact) mass is 431 g/mol. The number of carbonyl (C=O) groups is 2. The summed E-state index contributed by atoms with van der Waals surface area (Å²) in [4.78, 5) is 26.8. The van der Waals surface area contributed by atoms with Crippen molar-refractivity contribution in [3.8, 4) is 11.5 Å². The number of rotatable bonds is 6. The molecule has 0 aromatic heterocycles. The normalized spacial score (nSPS) is 15.5. The van der Waals surface area contributed by atoms with Gasteiger partial charge in [0.2, 0.25) is 0 Å². The zero-order valence-corrected chi connectivity index (χ0v) is 18.3. The number of methoxy groups -OCH3 is 1. The molecule has 1 heterocycles. The summed E-state index contributed by atoms with van der Waals surface area (Å²) >= 11 is 7.27. The molecule has 0 aliphatic carbocycles. The zero-order chi connectivity index (χ0) is 21.1. The van der Waals surface area contributed by atoms with Crippen molar-refractivity contribution < 1.29 is 19.1 Å². The molecule has 0 spiro atoms. The third-order valence-corrected chi connectivity index (χ3v) is 5.39. The third kappa shape index (κ3) is 4.95. The number of carbonyl (C=O) groups excluding carboxylic acids is 2. The average Bonchev–Trinajstić information content (AvgIpc) is 2.91. The second-order valence-electron chi connectivity index (χ2n) is 6.96. The Labute approximate surface area is 179 Å². The summed E-state index contributed by atoms with van der Waals surface area (Å²) in [7, 11) is 1.53. The van der Waals surface area contributed by atoms with Crippen molar-refractivity contribution in [2.75, 3.05) is 7.11 Å². The van der Waals surface area contributed by atoms with Gasteiger partial charge in [0.05, 0.1) is 29.7 Å². The lowest BCUT2D eigenvalue weighted by Crippen LogP contribution is -2.27. The first-order valence-corrected chi connectivity index (χ1v) is 10.3. The van der Waals surface area contributed by atoms with Crippen LogP contribution in [0, 0.1) is 6.92 Å². The number of ether oxygens (including phenoxy) is 2. The zero-order valence-electron chi connectivity index (χ0n) is 16.7. The highest BCUT2D eigenvalue weighted by Crippen LogP contribution is 2.39. The molecule has 2 aromatic carbocycles. The summed E-state index contributed by atoms with van der Waals surface area (Å²) in [5, 5.41) is 0.0869. The molecule has 0 saturated carbocycles. The maximum absolute atomic E-state index is 12.8. The second kappa shape index (κ2) is 8.93.